The Bertz CT molecular complexity index is 571. The zero-order valence-corrected chi connectivity index (χ0v) is 10.9. The van der Waals surface area contributed by atoms with Gasteiger partial charge in [-0.1, -0.05) is 22.0 Å². The maximum absolute atomic E-state index is 11.4. The topological polar surface area (TPSA) is 39.2 Å². The molecule has 0 aliphatic rings. The molecule has 0 saturated heterocycles. The van der Waals surface area contributed by atoms with Crippen LogP contribution in [0, 0.1) is 0 Å². The molecule has 5 heteroatoms. The highest BCUT2D eigenvalue weighted by Crippen LogP contribution is 2.26. The highest BCUT2D eigenvalue weighted by atomic mass is 79.9. The number of ether oxygens (including phenoxy) is 1. The number of halogens is 1. The molecular formula is C11H8BrNO2S. The Hall–Kier alpha value is -1.07. The van der Waals surface area contributed by atoms with Crippen molar-refractivity contribution >= 4 is 45.3 Å². The normalized spacial score (nSPS) is 10.4. The number of methoxy groups -OCH3 is 1. The molecule has 0 bridgehead atoms. The van der Waals surface area contributed by atoms with Crippen molar-refractivity contribution in [1.82, 2.24) is 4.98 Å². The average Bonchev–Trinajstić information content (AvgIpc) is 2.28. The third-order valence-electron chi connectivity index (χ3n) is 2.20. The Labute approximate surface area is 106 Å². The lowest BCUT2D eigenvalue weighted by atomic mass is 10.1. The summed E-state index contributed by atoms with van der Waals surface area (Å²) in [5.41, 5.74) is 0.237. The van der Waals surface area contributed by atoms with E-state index in [0.717, 1.165) is 15.2 Å². The molecule has 0 aliphatic carbocycles. The first kappa shape index (κ1) is 11.4. The minimum atomic E-state index is -0.477. The quantitative estimate of drug-likeness (QED) is 0.649. The van der Waals surface area contributed by atoms with E-state index in [4.69, 9.17) is 0 Å². The van der Waals surface area contributed by atoms with Crippen LogP contribution < -0.4 is 0 Å². The highest BCUT2D eigenvalue weighted by molar-refractivity contribution is 9.10. The van der Waals surface area contributed by atoms with Crippen molar-refractivity contribution < 1.29 is 9.53 Å². The number of fused-ring (bicyclic) bond motifs is 1. The van der Waals surface area contributed by atoms with Gasteiger partial charge in [0.1, 0.15) is 0 Å². The lowest BCUT2D eigenvalue weighted by molar-refractivity contribution is 0.0590. The van der Waals surface area contributed by atoms with Gasteiger partial charge in [-0.05, 0) is 17.5 Å². The van der Waals surface area contributed by atoms with E-state index in [1.807, 2.05) is 18.2 Å². The lowest BCUT2D eigenvalue weighted by Gasteiger charge is -2.06. The standard InChI is InChI=1S/C11H8BrNO2S/c1-15-11(14)9-10(16)8-3-2-7(12)4-6(8)5-13-9/h2-5,16H,1H3. The van der Waals surface area contributed by atoms with Crippen LogP contribution in [-0.2, 0) is 4.74 Å². The minimum Gasteiger partial charge on any atom is -0.464 e. The maximum atomic E-state index is 11.4. The van der Waals surface area contributed by atoms with Gasteiger partial charge < -0.3 is 4.74 Å². The lowest BCUT2D eigenvalue weighted by Crippen LogP contribution is -2.05. The molecule has 16 heavy (non-hydrogen) atoms. The van der Waals surface area contributed by atoms with Crippen molar-refractivity contribution in [2.24, 2.45) is 0 Å². The van der Waals surface area contributed by atoms with Crippen LogP contribution in [0.3, 0.4) is 0 Å². The van der Waals surface area contributed by atoms with Crippen LogP contribution in [0.15, 0.2) is 33.8 Å². The summed E-state index contributed by atoms with van der Waals surface area (Å²) >= 11 is 7.69. The van der Waals surface area contributed by atoms with Crippen molar-refractivity contribution in [3.05, 3.63) is 34.6 Å². The van der Waals surface area contributed by atoms with Crippen molar-refractivity contribution in [3.63, 3.8) is 0 Å². The average molecular weight is 298 g/mol. The predicted molar refractivity (Wildman–Crippen MR) is 68.0 cm³/mol. The molecule has 0 N–H and O–H groups in total. The molecule has 3 nitrogen and oxygen atoms in total. The molecular weight excluding hydrogens is 290 g/mol. The van der Waals surface area contributed by atoms with Gasteiger partial charge in [-0.15, -0.1) is 12.6 Å². The van der Waals surface area contributed by atoms with E-state index in [1.54, 1.807) is 6.20 Å². The van der Waals surface area contributed by atoms with Gasteiger partial charge in [0.05, 0.1) is 7.11 Å². The number of pyridine rings is 1. The van der Waals surface area contributed by atoms with Gasteiger partial charge in [0.15, 0.2) is 5.69 Å². The van der Waals surface area contributed by atoms with Crippen LogP contribution >= 0.6 is 28.6 Å². The molecule has 0 spiro atoms. The number of hydrogen-bond donors (Lipinski definition) is 1. The first-order valence-corrected chi connectivity index (χ1v) is 5.73. The number of hydrogen-bond acceptors (Lipinski definition) is 4. The smallest absolute Gasteiger partial charge is 0.357 e. The van der Waals surface area contributed by atoms with E-state index >= 15 is 0 Å². The van der Waals surface area contributed by atoms with Crippen LogP contribution in [0.4, 0.5) is 0 Å². The second-order valence-electron chi connectivity index (χ2n) is 3.18. The summed E-state index contributed by atoms with van der Waals surface area (Å²) in [4.78, 5) is 16.0. The number of thiol groups is 1. The zero-order valence-electron chi connectivity index (χ0n) is 8.40. The third kappa shape index (κ3) is 1.92. The molecule has 0 atom stereocenters. The molecule has 1 aromatic carbocycles. The van der Waals surface area contributed by atoms with E-state index < -0.39 is 5.97 Å². The molecule has 1 aromatic heterocycles. The number of carbonyl (C=O) groups excluding carboxylic acids is 1. The number of carbonyl (C=O) groups is 1. The maximum Gasteiger partial charge on any atom is 0.357 e. The Balaban J connectivity index is 2.70. The monoisotopic (exact) mass is 297 g/mol. The Morgan fingerprint density at radius 2 is 2.25 bits per heavy atom. The molecule has 0 saturated carbocycles. The fraction of sp³-hybridized carbons (Fsp3) is 0.0909. The van der Waals surface area contributed by atoms with E-state index in [1.165, 1.54) is 7.11 Å². The van der Waals surface area contributed by atoms with Crippen molar-refractivity contribution in [1.29, 1.82) is 0 Å². The second kappa shape index (κ2) is 4.43. The largest absolute Gasteiger partial charge is 0.464 e. The number of benzene rings is 1. The molecule has 0 unspecified atom stereocenters. The van der Waals surface area contributed by atoms with Crippen LogP contribution in [0.5, 0.6) is 0 Å². The van der Waals surface area contributed by atoms with Crippen LogP contribution in [0.1, 0.15) is 10.5 Å². The van der Waals surface area contributed by atoms with Gasteiger partial charge in [-0.25, -0.2) is 9.78 Å². The summed E-state index contributed by atoms with van der Waals surface area (Å²) in [5.74, 6) is -0.477. The van der Waals surface area contributed by atoms with Crippen LogP contribution in [-0.4, -0.2) is 18.1 Å². The third-order valence-corrected chi connectivity index (χ3v) is 3.15. The van der Waals surface area contributed by atoms with Crippen molar-refractivity contribution in [2.75, 3.05) is 7.11 Å². The van der Waals surface area contributed by atoms with Gasteiger partial charge in [0, 0.05) is 21.0 Å². The van der Waals surface area contributed by atoms with E-state index in [0.29, 0.717) is 4.90 Å². The number of aromatic nitrogens is 1. The van der Waals surface area contributed by atoms with E-state index in [-0.39, 0.29) is 5.69 Å². The van der Waals surface area contributed by atoms with Gasteiger partial charge >= 0.3 is 5.97 Å². The summed E-state index contributed by atoms with van der Waals surface area (Å²) < 4.78 is 5.59. The van der Waals surface area contributed by atoms with Gasteiger partial charge in [-0.2, -0.15) is 0 Å². The summed E-state index contributed by atoms with van der Waals surface area (Å²) in [6.45, 7) is 0. The zero-order chi connectivity index (χ0) is 11.7. The molecule has 1 heterocycles. The number of esters is 1. The van der Waals surface area contributed by atoms with E-state index in [9.17, 15) is 4.79 Å². The molecule has 0 amide bonds. The van der Waals surface area contributed by atoms with Crippen LogP contribution in [0.2, 0.25) is 0 Å². The van der Waals surface area contributed by atoms with Gasteiger partial charge in [-0.3, -0.25) is 0 Å². The fourth-order valence-corrected chi connectivity index (χ4v) is 2.16. The SMILES string of the molecule is COC(=O)c1ncc2cc(Br)ccc2c1S. The van der Waals surface area contributed by atoms with E-state index in [2.05, 4.69) is 38.3 Å². The van der Waals surface area contributed by atoms with Gasteiger partial charge in [0.2, 0.25) is 0 Å². The molecule has 82 valence electrons. The minimum absolute atomic E-state index is 0.237. The number of nitrogens with zero attached hydrogens (tertiary/aromatic N) is 1. The molecule has 2 aromatic rings. The molecule has 0 fully saturated rings. The summed E-state index contributed by atoms with van der Waals surface area (Å²) in [7, 11) is 1.32. The molecule has 2 rings (SSSR count). The fourth-order valence-electron chi connectivity index (χ4n) is 1.42. The Kier molecular flexibility index (Phi) is 3.16. The Morgan fingerprint density at radius 1 is 1.50 bits per heavy atom. The van der Waals surface area contributed by atoms with Gasteiger partial charge in [0.25, 0.3) is 0 Å². The molecule has 0 radical (unpaired) electrons. The first-order chi connectivity index (χ1) is 7.63. The first-order valence-electron chi connectivity index (χ1n) is 4.49. The predicted octanol–water partition coefficient (Wildman–Crippen LogP) is 3.07. The summed E-state index contributed by atoms with van der Waals surface area (Å²) in [6, 6.07) is 5.70. The highest BCUT2D eigenvalue weighted by Gasteiger charge is 2.13. The van der Waals surface area contributed by atoms with Crippen molar-refractivity contribution in [3.8, 4) is 0 Å². The summed E-state index contributed by atoms with van der Waals surface area (Å²) in [5, 5.41) is 1.80. The summed E-state index contributed by atoms with van der Waals surface area (Å²) in [6.07, 6.45) is 1.63. The molecule has 0 aliphatic heterocycles. The van der Waals surface area contributed by atoms with Crippen molar-refractivity contribution in [2.45, 2.75) is 4.90 Å². The Morgan fingerprint density at radius 3 is 2.94 bits per heavy atom. The van der Waals surface area contributed by atoms with Crippen LogP contribution in [0.25, 0.3) is 10.8 Å². The second-order valence-corrected chi connectivity index (χ2v) is 4.54. The number of rotatable bonds is 1.